The Hall–Kier alpha value is -2.26. The molecule has 0 unspecified atom stereocenters. The SMILES string of the molecule is CN(CCC#N)C(=O)N[C@H]1CC(=O)N(c2ccc(Cl)cc2)C1. The molecule has 6 nitrogen and oxygen atoms in total. The van der Waals surface area contributed by atoms with E-state index < -0.39 is 0 Å². The van der Waals surface area contributed by atoms with Crippen molar-refractivity contribution in [3.05, 3.63) is 29.3 Å². The number of carbonyl (C=O) groups excluding carboxylic acids is 2. The van der Waals surface area contributed by atoms with Crippen molar-refractivity contribution in [2.75, 3.05) is 25.0 Å². The summed E-state index contributed by atoms with van der Waals surface area (Å²) in [6.45, 7) is 0.794. The van der Waals surface area contributed by atoms with Gasteiger partial charge in [-0.3, -0.25) is 4.79 Å². The minimum Gasteiger partial charge on any atom is -0.333 e. The van der Waals surface area contributed by atoms with Crippen LogP contribution in [-0.4, -0.2) is 43.0 Å². The summed E-state index contributed by atoms with van der Waals surface area (Å²) in [4.78, 5) is 27.1. The van der Waals surface area contributed by atoms with Gasteiger partial charge in [-0.2, -0.15) is 5.26 Å². The first kappa shape index (κ1) is 16.1. The molecule has 1 N–H and O–H groups in total. The largest absolute Gasteiger partial charge is 0.333 e. The molecule has 1 saturated heterocycles. The molecule has 22 heavy (non-hydrogen) atoms. The second kappa shape index (κ2) is 7.14. The second-order valence-electron chi connectivity index (χ2n) is 5.16. The molecule has 0 spiro atoms. The maximum absolute atomic E-state index is 12.1. The molecule has 1 atom stereocenters. The number of anilines is 1. The van der Waals surface area contributed by atoms with Crippen LogP contribution in [0.1, 0.15) is 12.8 Å². The fraction of sp³-hybridized carbons (Fsp3) is 0.400. The van der Waals surface area contributed by atoms with Gasteiger partial charge in [0, 0.05) is 37.3 Å². The number of hydrogen-bond acceptors (Lipinski definition) is 3. The van der Waals surface area contributed by atoms with E-state index in [4.69, 9.17) is 16.9 Å². The van der Waals surface area contributed by atoms with Crippen molar-refractivity contribution >= 4 is 29.2 Å². The predicted molar refractivity (Wildman–Crippen MR) is 83.6 cm³/mol. The fourth-order valence-electron chi connectivity index (χ4n) is 2.28. The Balaban J connectivity index is 1.93. The highest BCUT2D eigenvalue weighted by Gasteiger charge is 2.32. The minimum absolute atomic E-state index is 0.0349. The number of rotatable bonds is 4. The monoisotopic (exact) mass is 320 g/mol. The standard InChI is InChI=1S/C15H17ClN4O2/c1-19(8-2-7-17)15(22)18-12-9-14(21)20(10-12)13-5-3-11(16)4-6-13/h3-6,12H,2,8-10H2,1H3,(H,18,22)/t12-/m0/s1. The summed E-state index contributed by atoms with van der Waals surface area (Å²) >= 11 is 5.84. The molecule has 0 aliphatic carbocycles. The van der Waals surface area contributed by atoms with Crippen LogP contribution in [0.4, 0.5) is 10.5 Å². The molecule has 1 heterocycles. The highest BCUT2D eigenvalue weighted by Crippen LogP contribution is 2.23. The maximum atomic E-state index is 12.1. The molecule has 1 aliphatic rings. The molecular weight excluding hydrogens is 304 g/mol. The van der Waals surface area contributed by atoms with Gasteiger partial charge in [0.15, 0.2) is 0 Å². The van der Waals surface area contributed by atoms with Crippen LogP contribution in [0.3, 0.4) is 0 Å². The lowest BCUT2D eigenvalue weighted by Gasteiger charge is -2.20. The molecule has 1 fully saturated rings. The van der Waals surface area contributed by atoms with Crippen molar-refractivity contribution in [3.8, 4) is 6.07 Å². The van der Waals surface area contributed by atoms with Crippen LogP contribution in [0.2, 0.25) is 5.02 Å². The third kappa shape index (κ3) is 3.89. The average molecular weight is 321 g/mol. The number of nitriles is 1. The van der Waals surface area contributed by atoms with Crippen molar-refractivity contribution in [2.45, 2.75) is 18.9 Å². The zero-order valence-electron chi connectivity index (χ0n) is 12.3. The van der Waals surface area contributed by atoms with E-state index in [1.807, 2.05) is 6.07 Å². The zero-order chi connectivity index (χ0) is 16.1. The first-order chi connectivity index (χ1) is 10.5. The number of halogens is 1. The van der Waals surface area contributed by atoms with Crippen molar-refractivity contribution < 1.29 is 9.59 Å². The van der Waals surface area contributed by atoms with Crippen LogP contribution in [-0.2, 0) is 4.79 Å². The topological polar surface area (TPSA) is 76.4 Å². The number of amides is 3. The molecule has 0 aromatic heterocycles. The number of benzene rings is 1. The summed E-state index contributed by atoms with van der Waals surface area (Å²) in [5, 5.41) is 12.0. The Kier molecular flexibility index (Phi) is 5.23. The number of urea groups is 1. The van der Waals surface area contributed by atoms with E-state index in [1.165, 1.54) is 4.90 Å². The molecular formula is C15H17ClN4O2. The molecule has 3 amide bonds. The van der Waals surface area contributed by atoms with Crippen LogP contribution in [0.5, 0.6) is 0 Å². The first-order valence-corrected chi connectivity index (χ1v) is 7.33. The summed E-state index contributed by atoms with van der Waals surface area (Å²) < 4.78 is 0. The summed E-state index contributed by atoms with van der Waals surface area (Å²) in [5.41, 5.74) is 0.768. The Labute approximate surface area is 134 Å². The average Bonchev–Trinajstić information content (AvgIpc) is 2.86. The van der Waals surface area contributed by atoms with Crippen molar-refractivity contribution in [1.82, 2.24) is 10.2 Å². The lowest BCUT2D eigenvalue weighted by molar-refractivity contribution is -0.117. The summed E-state index contributed by atoms with van der Waals surface area (Å²) in [6.07, 6.45) is 0.547. The van der Waals surface area contributed by atoms with Gasteiger partial charge in [-0.15, -0.1) is 0 Å². The van der Waals surface area contributed by atoms with Crippen LogP contribution >= 0.6 is 11.6 Å². The summed E-state index contributed by atoms with van der Waals surface area (Å²) in [5.74, 6) is -0.0349. The molecule has 1 aromatic rings. The Morgan fingerprint density at radius 1 is 1.50 bits per heavy atom. The predicted octanol–water partition coefficient (Wildman–Crippen LogP) is 2.00. The lowest BCUT2D eigenvalue weighted by Crippen LogP contribution is -2.44. The molecule has 116 valence electrons. The Bertz CT molecular complexity index is 597. The smallest absolute Gasteiger partial charge is 0.317 e. The van der Waals surface area contributed by atoms with Gasteiger partial charge in [0.25, 0.3) is 0 Å². The van der Waals surface area contributed by atoms with E-state index in [0.29, 0.717) is 18.1 Å². The molecule has 2 rings (SSSR count). The van der Waals surface area contributed by atoms with E-state index in [1.54, 1.807) is 36.2 Å². The molecule has 1 aromatic carbocycles. The maximum Gasteiger partial charge on any atom is 0.317 e. The van der Waals surface area contributed by atoms with Gasteiger partial charge in [-0.05, 0) is 24.3 Å². The van der Waals surface area contributed by atoms with E-state index in [-0.39, 0.29) is 30.8 Å². The fourth-order valence-corrected chi connectivity index (χ4v) is 2.40. The molecule has 0 radical (unpaired) electrons. The summed E-state index contributed by atoms with van der Waals surface area (Å²) in [6, 6.07) is 8.50. The van der Waals surface area contributed by atoms with Crippen LogP contribution < -0.4 is 10.2 Å². The number of nitrogens with one attached hydrogen (secondary N) is 1. The number of hydrogen-bond donors (Lipinski definition) is 1. The molecule has 1 aliphatic heterocycles. The second-order valence-corrected chi connectivity index (χ2v) is 5.60. The Morgan fingerprint density at radius 3 is 2.82 bits per heavy atom. The van der Waals surface area contributed by atoms with Gasteiger partial charge in [0.2, 0.25) is 5.91 Å². The molecule has 0 saturated carbocycles. The van der Waals surface area contributed by atoms with Crippen molar-refractivity contribution in [2.24, 2.45) is 0 Å². The van der Waals surface area contributed by atoms with Crippen LogP contribution in [0, 0.1) is 11.3 Å². The Morgan fingerprint density at radius 2 is 2.18 bits per heavy atom. The number of nitrogens with zero attached hydrogens (tertiary/aromatic N) is 3. The van der Waals surface area contributed by atoms with Gasteiger partial charge in [-0.1, -0.05) is 11.6 Å². The lowest BCUT2D eigenvalue weighted by atomic mass is 10.2. The van der Waals surface area contributed by atoms with Gasteiger partial charge in [0.05, 0.1) is 18.5 Å². The third-order valence-electron chi connectivity index (χ3n) is 3.50. The van der Waals surface area contributed by atoms with Crippen molar-refractivity contribution in [1.29, 1.82) is 5.26 Å². The number of carbonyl (C=O) groups is 2. The quantitative estimate of drug-likeness (QED) is 0.921. The zero-order valence-corrected chi connectivity index (χ0v) is 13.0. The first-order valence-electron chi connectivity index (χ1n) is 6.95. The van der Waals surface area contributed by atoms with Gasteiger partial charge in [-0.25, -0.2) is 4.79 Å². The highest BCUT2D eigenvalue weighted by atomic mass is 35.5. The van der Waals surface area contributed by atoms with Crippen LogP contribution in [0.15, 0.2) is 24.3 Å². The van der Waals surface area contributed by atoms with Gasteiger partial charge < -0.3 is 15.1 Å². The van der Waals surface area contributed by atoms with E-state index in [9.17, 15) is 9.59 Å². The summed E-state index contributed by atoms with van der Waals surface area (Å²) in [7, 11) is 1.63. The van der Waals surface area contributed by atoms with Gasteiger partial charge >= 0.3 is 6.03 Å². The van der Waals surface area contributed by atoms with Crippen molar-refractivity contribution in [3.63, 3.8) is 0 Å². The third-order valence-corrected chi connectivity index (χ3v) is 3.75. The van der Waals surface area contributed by atoms with Crippen LogP contribution in [0.25, 0.3) is 0 Å². The van der Waals surface area contributed by atoms with E-state index in [0.717, 1.165) is 5.69 Å². The molecule has 0 bridgehead atoms. The normalized spacial score (nSPS) is 17.2. The van der Waals surface area contributed by atoms with Gasteiger partial charge in [0.1, 0.15) is 0 Å². The molecule has 7 heteroatoms. The van der Waals surface area contributed by atoms with E-state index in [2.05, 4.69) is 5.32 Å². The minimum atomic E-state index is -0.272. The van der Waals surface area contributed by atoms with E-state index >= 15 is 0 Å². The highest BCUT2D eigenvalue weighted by molar-refractivity contribution is 6.30.